The number of carbonyl (C=O) groups is 1. The zero-order valence-electron chi connectivity index (χ0n) is 11.0. The Hall–Kier alpha value is -1.16. The molecule has 0 atom stereocenters. The molecule has 2 rings (SSSR count). The maximum absolute atomic E-state index is 10.5. The molecule has 0 aliphatic heterocycles. The van der Waals surface area contributed by atoms with Crippen LogP contribution in [0.25, 0.3) is 0 Å². The first kappa shape index (κ1) is 14.3. The van der Waals surface area contributed by atoms with Crippen molar-refractivity contribution in [3.8, 4) is 5.75 Å². The van der Waals surface area contributed by atoms with Gasteiger partial charge < -0.3 is 10.2 Å². The molecule has 0 spiro atoms. The molecule has 0 unspecified atom stereocenters. The molecule has 1 saturated carbocycles. The number of aliphatic carboxylic acids is 1. The van der Waals surface area contributed by atoms with Gasteiger partial charge in [0.15, 0.2) is 0 Å². The number of phenolic OH excluding ortho intramolecular Hbond substituents is 1. The largest absolute Gasteiger partial charge is 0.508 e. The SMILES string of the molecule is O=C(O)CCSc1ccc(O)c(C2CCCCC2)c1. The van der Waals surface area contributed by atoms with E-state index < -0.39 is 5.97 Å². The molecule has 4 heteroatoms. The highest BCUT2D eigenvalue weighted by Gasteiger charge is 2.18. The number of carboxylic acid groups (broad SMARTS) is 1. The number of hydrogen-bond acceptors (Lipinski definition) is 3. The van der Waals surface area contributed by atoms with Crippen LogP contribution in [0.15, 0.2) is 23.1 Å². The number of benzene rings is 1. The smallest absolute Gasteiger partial charge is 0.304 e. The van der Waals surface area contributed by atoms with E-state index in [1.54, 1.807) is 17.8 Å². The van der Waals surface area contributed by atoms with Gasteiger partial charge >= 0.3 is 5.97 Å². The van der Waals surface area contributed by atoms with Crippen LogP contribution in [0.3, 0.4) is 0 Å². The number of carboxylic acids is 1. The van der Waals surface area contributed by atoms with Crippen LogP contribution < -0.4 is 0 Å². The van der Waals surface area contributed by atoms with E-state index >= 15 is 0 Å². The minimum atomic E-state index is -0.765. The predicted octanol–water partition coefficient (Wildman–Crippen LogP) is 4.01. The number of aromatic hydroxyl groups is 1. The van der Waals surface area contributed by atoms with E-state index in [0.29, 0.717) is 17.4 Å². The molecule has 0 amide bonds. The third kappa shape index (κ3) is 4.16. The molecule has 3 nitrogen and oxygen atoms in total. The molecule has 1 aliphatic carbocycles. The lowest BCUT2D eigenvalue weighted by atomic mass is 9.84. The van der Waals surface area contributed by atoms with E-state index in [0.717, 1.165) is 23.3 Å². The van der Waals surface area contributed by atoms with Crippen molar-refractivity contribution in [2.45, 2.75) is 49.3 Å². The van der Waals surface area contributed by atoms with E-state index in [4.69, 9.17) is 5.11 Å². The molecule has 104 valence electrons. The Morgan fingerprint density at radius 1 is 1.26 bits per heavy atom. The maximum Gasteiger partial charge on any atom is 0.304 e. The van der Waals surface area contributed by atoms with Crippen molar-refractivity contribution < 1.29 is 15.0 Å². The Morgan fingerprint density at radius 3 is 2.68 bits per heavy atom. The third-order valence-corrected chi connectivity index (χ3v) is 4.62. The van der Waals surface area contributed by atoms with E-state index in [9.17, 15) is 9.90 Å². The van der Waals surface area contributed by atoms with Crippen molar-refractivity contribution in [2.75, 3.05) is 5.75 Å². The Bertz CT molecular complexity index is 439. The van der Waals surface area contributed by atoms with Crippen molar-refractivity contribution in [1.29, 1.82) is 0 Å². The monoisotopic (exact) mass is 280 g/mol. The first-order valence-electron chi connectivity index (χ1n) is 6.84. The summed E-state index contributed by atoms with van der Waals surface area (Å²) in [6, 6.07) is 5.65. The average molecular weight is 280 g/mol. The Labute approximate surface area is 118 Å². The number of rotatable bonds is 5. The number of thioether (sulfide) groups is 1. The van der Waals surface area contributed by atoms with Crippen molar-refractivity contribution in [2.24, 2.45) is 0 Å². The summed E-state index contributed by atoms with van der Waals surface area (Å²) in [5.74, 6) is 0.659. The van der Waals surface area contributed by atoms with E-state index in [1.165, 1.54) is 19.3 Å². The summed E-state index contributed by atoms with van der Waals surface area (Å²) in [6.07, 6.45) is 6.24. The topological polar surface area (TPSA) is 57.5 Å². The standard InChI is InChI=1S/C15H20O3S/c16-14-7-6-12(19-9-8-15(17)18)10-13(14)11-4-2-1-3-5-11/h6-7,10-11,16H,1-5,8-9H2,(H,17,18). The van der Waals surface area contributed by atoms with Crippen LogP contribution in [0.5, 0.6) is 5.75 Å². The minimum absolute atomic E-state index is 0.171. The van der Waals surface area contributed by atoms with Gasteiger partial charge in [0.2, 0.25) is 0 Å². The molecule has 0 aromatic heterocycles. The van der Waals surface area contributed by atoms with E-state index in [2.05, 4.69) is 0 Å². The normalized spacial score (nSPS) is 16.4. The quantitative estimate of drug-likeness (QED) is 0.800. The van der Waals surface area contributed by atoms with Crippen molar-refractivity contribution in [3.05, 3.63) is 23.8 Å². The summed E-state index contributed by atoms with van der Waals surface area (Å²) in [5, 5.41) is 18.6. The Balaban J connectivity index is 2.03. The molecule has 2 N–H and O–H groups in total. The molecule has 0 heterocycles. The highest BCUT2D eigenvalue weighted by Crippen LogP contribution is 2.38. The van der Waals surface area contributed by atoms with Crippen LogP contribution >= 0.6 is 11.8 Å². The van der Waals surface area contributed by atoms with Gasteiger partial charge in [-0.2, -0.15) is 0 Å². The van der Waals surface area contributed by atoms with Gasteiger partial charge in [-0.15, -0.1) is 11.8 Å². The molecule has 1 aromatic rings. The van der Waals surface area contributed by atoms with Gasteiger partial charge in [0, 0.05) is 10.6 Å². The Kier molecular flexibility index (Phi) is 5.14. The van der Waals surface area contributed by atoms with Crippen molar-refractivity contribution in [1.82, 2.24) is 0 Å². The van der Waals surface area contributed by atoms with Crippen molar-refractivity contribution in [3.63, 3.8) is 0 Å². The summed E-state index contributed by atoms with van der Waals surface area (Å²) in [5.41, 5.74) is 1.04. The molecule has 0 saturated heterocycles. The Morgan fingerprint density at radius 2 is 2.00 bits per heavy atom. The number of phenols is 1. The van der Waals surface area contributed by atoms with Gasteiger partial charge in [0.05, 0.1) is 6.42 Å². The highest BCUT2D eigenvalue weighted by atomic mass is 32.2. The number of hydrogen-bond donors (Lipinski definition) is 2. The molecular formula is C15H20O3S. The van der Waals surface area contributed by atoms with Crippen LogP contribution in [0.2, 0.25) is 0 Å². The van der Waals surface area contributed by atoms with Crippen molar-refractivity contribution >= 4 is 17.7 Å². The lowest BCUT2D eigenvalue weighted by Crippen LogP contribution is -2.05. The van der Waals surface area contributed by atoms with Gasteiger partial charge in [-0.3, -0.25) is 4.79 Å². The minimum Gasteiger partial charge on any atom is -0.508 e. The van der Waals surface area contributed by atoms with Gasteiger partial charge in [-0.1, -0.05) is 19.3 Å². The lowest BCUT2D eigenvalue weighted by Gasteiger charge is -2.23. The molecule has 1 aliphatic rings. The molecule has 19 heavy (non-hydrogen) atoms. The second kappa shape index (κ2) is 6.85. The molecule has 1 aromatic carbocycles. The summed E-state index contributed by atoms with van der Waals surface area (Å²) in [7, 11) is 0. The third-order valence-electron chi connectivity index (χ3n) is 3.63. The first-order valence-corrected chi connectivity index (χ1v) is 7.83. The summed E-state index contributed by atoms with van der Waals surface area (Å²) >= 11 is 1.54. The van der Waals surface area contributed by atoms with Gasteiger partial charge in [0.1, 0.15) is 5.75 Å². The van der Waals surface area contributed by atoms with Crippen LogP contribution in [-0.4, -0.2) is 21.9 Å². The predicted molar refractivity (Wildman–Crippen MR) is 76.9 cm³/mol. The van der Waals surface area contributed by atoms with Gasteiger partial charge in [-0.05, 0) is 42.5 Å². The zero-order valence-corrected chi connectivity index (χ0v) is 11.8. The van der Waals surface area contributed by atoms with E-state index in [-0.39, 0.29) is 6.42 Å². The summed E-state index contributed by atoms with van der Waals surface area (Å²) in [6.45, 7) is 0. The fourth-order valence-electron chi connectivity index (χ4n) is 2.62. The van der Waals surface area contributed by atoms with Crippen LogP contribution in [-0.2, 0) is 4.79 Å². The van der Waals surface area contributed by atoms with Crippen LogP contribution in [0.4, 0.5) is 0 Å². The second-order valence-electron chi connectivity index (χ2n) is 5.05. The molecule has 0 radical (unpaired) electrons. The molecule has 0 bridgehead atoms. The fourth-order valence-corrected chi connectivity index (χ4v) is 3.51. The highest BCUT2D eigenvalue weighted by molar-refractivity contribution is 7.99. The van der Waals surface area contributed by atoms with E-state index in [1.807, 2.05) is 12.1 Å². The summed E-state index contributed by atoms with van der Waals surface area (Å²) in [4.78, 5) is 11.6. The molecule has 1 fully saturated rings. The van der Waals surface area contributed by atoms with Gasteiger partial charge in [-0.25, -0.2) is 0 Å². The zero-order chi connectivity index (χ0) is 13.7. The van der Waals surface area contributed by atoms with Crippen LogP contribution in [0.1, 0.15) is 50.0 Å². The van der Waals surface area contributed by atoms with Crippen LogP contribution in [0, 0.1) is 0 Å². The second-order valence-corrected chi connectivity index (χ2v) is 6.22. The first-order chi connectivity index (χ1) is 9.16. The average Bonchev–Trinajstić information content (AvgIpc) is 2.41. The molecular weight excluding hydrogens is 260 g/mol. The van der Waals surface area contributed by atoms with Gasteiger partial charge in [0.25, 0.3) is 0 Å². The fraction of sp³-hybridized carbons (Fsp3) is 0.533. The summed E-state index contributed by atoms with van der Waals surface area (Å²) < 4.78 is 0. The lowest BCUT2D eigenvalue weighted by molar-refractivity contribution is -0.136. The maximum atomic E-state index is 10.5.